The SMILES string of the molecule is NCC1(Cc2cnc3n[nH]nc3c2)CC1. The number of hydrogen-bond acceptors (Lipinski definition) is 4. The molecular weight excluding hydrogens is 190 g/mol. The zero-order chi connectivity index (χ0) is 10.3. The fraction of sp³-hybridized carbons (Fsp3) is 0.500. The first-order chi connectivity index (χ1) is 7.31. The fourth-order valence-corrected chi connectivity index (χ4v) is 1.94. The van der Waals surface area contributed by atoms with Crippen molar-refractivity contribution >= 4 is 11.2 Å². The molecule has 0 saturated heterocycles. The van der Waals surface area contributed by atoms with E-state index in [0.717, 1.165) is 18.5 Å². The molecule has 1 aliphatic rings. The zero-order valence-corrected chi connectivity index (χ0v) is 8.40. The van der Waals surface area contributed by atoms with E-state index in [1.54, 1.807) is 0 Å². The van der Waals surface area contributed by atoms with Gasteiger partial charge in [-0.15, -0.1) is 5.10 Å². The molecule has 2 heterocycles. The molecule has 1 saturated carbocycles. The molecule has 0 aliphatic heterocycles. The summed E-state index contributed by atoms with van der Waals surface area (Å²) >= 11 is 0. The number of nitrogens with two attached hydrogens (primary N) is 1. The van der Waals surface area contributed by atoms with E-state index in [1.165, 1.54) is 18.4 Å². The number of aromatic amines is 1. The molecule has 2 aromatic heterocycles. The molecule has 1 aliphatic carbocycles. The lowest BCUT2D eigenvalue weighted by Gasteiger charge is -2.10. The molecule has 0 radical (unpaired) electrons. The number of nitrogens with zero attached hydrogens (tertiary/aromatic N) is 3. The first-order valence-corrected chi connectivity index (χ1v) is 5.17. The molecule has 78 valence electrons. The van der Waals surface area contributed by atoms with E-state index in [2.05, 4.69) is 20.4 Å². The number of rotatable bonds is 3. The molecule has 0 bridgehead atoms. The highest BCUT2D eigenvalue weighted by Gasteiger charge is 2.41. The van der Waals surface area contributed by atoms with Gasteiger partial charge in [0.2, 0.25) is 5.65 Å². The van der Waals surface area contributed by atoms with Crippen molar-refractivity contribution in [2.45, 2.75) is 19.3 Å². The minimum atomic E-state index is 0.346. The van der Waals surface area contributed by atoms with Crippen molar-refractivity contribution in [1.29, 1.82) is 0 Å². The Morgan fingerprint density at radius 2 is 2.27 bits per heavy atom. The Hall–Kier alpha value is -1.49. The average Bonchev–Trinajstić information content (AvgIpc) is 2.88. The van der Waals surface area contributed by atoms with Crippen LogP contribution in [0.25, 0.3) is 11.2 Å². The third kappa shape index (κ3) is 1.48. The van der Waals surface area contributed by atoms with Gasteiger partial charge in [-0.1, -0.05) is 0 Å². The minimum Gasteiger partial charge on any atom is -0.330 e. The highest BCUT2D eigenvalue weighted by atomic mass is 15.3. The summed E-state index contributed by atoms with van der Waals surface area (Å²) in [6.07, 6.45) is 5.36. The number of nitrogens with one attached hydrogen (secondary N) is 1. The quantitative estimate of drug-likeness (QED) is 0.766. The number of hydrogen-bond donors (Lipinski definition) is 2. The van der Waals surface area contributed by atoms with Gasteiger partial charge in [0.05, 0.1) is 0 Å². The summed E-state index contributed by atoms with van der Waals surface area (Å²) in [6.45, 7) is 0.768. The lowest BCUT2D eigenvalue weighted by molar-refractivity contribution is 0.520. The first kappa shape index (κ1) is 8.79. The van der Waals surface area contributed by atoms with E-state index in [0.29, 0.717) is 11.1 Å². The molecule has 2 aromatic rings. The summed E-state index contributed by atoms with van der Waals surface area (Å²) in [4.78, 5) is 4.24. The van der Waals surface area contributed by atoms with Crippen LogP contribution < -0.4 is 5.73 Å². The van der Waals surface area contributed by atoms with Crippen molar-refractivity contribution in [3.8, 4) is 0 Å². The summed E-state index contributed by atoms with van der Waals surface area (Å²) in [7, 11) is 0. The van der Waals surface area contributed by atoms with E-state index in [4.69, 9.17) is 5.73 Å². The van der Waals surface area contributed by atoms with Crippen molar-refractivity contribution in [2.75, 3.05) is 6.54 Å². The molecule has 0 atom stereocenters. The van der Waals surface area contributed by atoms with Gasteiger partial charge >= 0.3 is 0 Å². The molecule has 0 unspecified atom stereocenters. The van der Waals surface area contributed by atoms with Gasteiger partial charge in [0.1, 0.15) is 5.52 Å². The third-order valence-electron chi connectivity index (χ3n) is 3.20. The number of fused-ring (bicyclic) bond motifs is 1. The predicted octanol–water partition coefficient (Wildman–Crippen LogP) is 0.634. The normalized spacial score (nSPS) is 18.2. The van der Waals surface area contributed by atoms with E-state index >= 15 is 0 Å². The Balaban J connectivity index is 1.91. The van der Waals surface area contributed by atoms with Gasteiger partial charge in [-0.05, 0) is 42.9 Å². The standard InChI is InChI=1S/C10H13N5/c11-6-10(1-2-10)4-7-3-8-9(12-5-7)14-15-13-8/h3,5H,1-2,4,6,11H2,(H,12,13,14,15). The van der Waals surface area contributed by atoms with Crippen LogP contribution in [0.5, 0.6) is 0 Å². The Labute approximate surface area is 87.1 Å². The molecule has 0 spiro atoms. The van der Waals surface area contributed by atoms with Crippen LogP contribution in [0.2, 0.25) is 0 Å². The molecule has 0 amide bonds. The number of H-pyrrole nitrogens is 1. The second-order valence-electron chi connectivity index (χ2n) is 4.39. The van der Waals surface area contributed by atoms with Crippen LogP contribution in [-0.4, -0.2) is 26.9 Å². The Bertz CT molecular complexity index is 485. The van der Waals surface area contributed by atoms with E-state index in [-0.39, 0.29) is 0 Å². The summed E-state index contributed by atoms with van der Waals surface area (Å²) in [6, 6.07) is 2.04. The maximum absolute atomic E-state index is 5.75. The molecule has 15 heavy (non-hydrogen) atoms. The second-order valence-corrected chi connectivity index (χ2v) is 4.39. The van der Waals surface area contributed by atoms with Crippen molar-refractivity contribution in [1.82, 2.24) is 20.4 Å². The maximum atomic E-state index is 5.75. The van der Waals surface area contributed by atoms with Crippen LogP contribution in [0, 0.1) is 5.41 Å². The second kappa shape index (κ2) is 3.00. The summed E-state index contributed by atoms with van der Waals surface area (Å²) in [5.74, 6) is 0. The lowest BCUT2D eigenvalue weighted by atomic mass is 9.98. The van der Waals surface area contributed by atoms with Crippen molar-refractivity contribution in [2.24, 2.45) is 11.1 Å². The average molecular weight is 203 g/mol. The molecule has 3 N–H and O–H groups in total. The Kier molecular flexibility index (Phi) is 1.76. The number of pyridine rings is 1. The first-order valence-electron chi connectivity index (χ1n) is 5.17. The van der Waals surface area contributed by atoms with Crippen LogP contribution in [0.3, 0.4) is 0 Å². The van der Waals surface area contributed by atoms with Crippen molar-refractivity contribution in [3.63, 3.8) is 0 Å². The van der Waals surface area contributed by atoms with Gasteiger partial charge in [-0.2, -0.15) is 10.3 Å². The third-order valence-corrected chi connectivity index (χ3v) is 3.20. The summed E-state index contributed by atoms with van der Waals surface area (Å²) in [5.41, 5.74) is 8.82. The fourth-order valence-electron chi connectivity index (χ4n) is 1.94. The van der Waals surface area contributed by atoms with Crippen LogP contribution in [0.4, 0.5) is 0 Å². The summed E-state index contributed by atoms with van der Waals surface area (Å²) in [5, 5.41) is 10.5. The van der Waals surface area contributed by atoms with Crippen LogP contribution >= 0.6 is 0 Å². The summed E-state index contributed by atoms with van der Waals surface area (Å²) < 4.78 is 0. The van der Waals surface area contributed by atoms with Crippen LogP contribution in [-0.2, 0) is 6.42 Å². The van der Waals surface area contributed by atoms with Gasteiger partial charge < -0.3 is 5.73 Å². The predicted molar refractivity (Wildman–Crippen MR) is 56.1 cm³/mol. The smallest absolute Gasteiger partial charge is 0.201 e. The highest BCUT2D eigenvalue weighted by molar-refractivity contribution is 5.69. The van der Waals surface area contributed by atoms with E-state index < -0.39 is 0 Å². The van der Waals surface area contributed by atoms with E-state index in [1.807, 2.05) is 12.3 Å². The zero-order valence-electron chi connectivity index (χ0n) is 8.40. The molecule has 5 heteroatoms. The molecule has 5 nitrogen and oxygen atoms in total. The molecule has 0 aromatic carbocycles. The highest BCUT2D eigenvalue weighted by Crippen LogP contribution is 2.47. The molecule has 1 fully saturated rings. The van der Waals surface area contributed by atoms with Gasteiger partial charge in [-0.3, -0.25) is 0 Å². The minimum absolute atomic E-state index is 0.346. The van der Waals surface area contributed by atoms with Gasteiger partial charge in [0, 0.05) is 6.20 Å². The maximum Gasteiger partial charge on any atom is 0.201 e. The van der Waals surface area contributed by atoms with Crippen LogP contribution in [0.1, 0.15) is 18.4 Å². The molecular formula is C10H13N5. The van der Waals surface area contributed by atoms with Crippen LogP contribution in [0.15, 0.2) is 12.3 Å². The van der Waals surface area contributed by atoms with Crippen molar-refractivity contribution < 1.29 is 0 Å². The topological polar surface area (TPSA) is 80.5 Å². The van der Waals surface area contributed by atoms with Gasteiger partial charge in [-0.25, -0.2) is 4.98 Å². The number of aromatic nitrogens is 4. The van der Waals surface area contributed by atoms with E-state index in [9.17, 15) is 0 Å². The monoisotopic (exact) mass is 203 g/mol. The molecule has 3 rings (SSSR count). The Morgan fingerprint density at radius 3 is 3.00 bits per heavy atom. The van der Waals surface area contributed by atoms with Gasteiger partial charge in [0.25, 0.3) is 0 Å². The largest absolute Gasteiger partial charge is 0.330 e. The lowest BCUT2D eigenvalue weighted by Crippen LogP contribution is -2.17. The van der Waals surface area contributed by atoms with Crippen molar-refractivity contribution in [3.05, 3.63) is 17.8 Å². The Morgan fingerprint density at radius 1 is 1.40 bits per heavy atom. The van der Waals surface area contributed by atoms with Gasteiger partial charge in [0.15, 0.2) is 0 Å².